The smallest absolute Gasteiger partial charge is 0.251 e. The molecule has 3 aromatic rings. The molecule has 3 N–H and O–H groups in total. The Morgan fingerprint density at radius 1 is 1.00 bits per heavy atom. The molecule has 6 atom stereocenters. The van der Waals surface area contributed by atoms with Crippen LogP contribution in [0.25, 0.3) is 11.1 Å². The Hall–Kier alpha value is -3.61. The largest absolute Gasteiger partial charge is 0.504 e. The summed E-state index contributed by atoms with van der Waals surface area (Å²) in [7, 11) is 0. The second-order valence-corrected chi connectivity index (χ2v) is 13.3. The van der Waals surface area contributed by atoms with E-state index in [2.05, 4.69) is 34.5 Å². The third kappa shape index (κ3) is 3.02. The summed E-state index contributed by atoms with van der Waals surface area (Å²) >= 11 is 0. The molecule has 2 spiro atoms. The molecule has 6 nitrogen and oxygen atoms in total. The highest BCUT2D eigenvalue weighted by Crippen LogP contribution is 2.73. The van der Waals surface area contributed by atoms with Gasteiger partial charge in [-0.25, -0.2) is 0 Å². The van der Waals surface area contributed by atoms with Gasteiger partial charge in [0, 0.05) is 29.1 Å². The van der Waals surface area contributed by atoms with Gasteiger partial charge in [-0.1, -0.05) is 60.7 Å². The molecular weight excluding hydrogens is 512 g/mol. The first-order valence-electron chi connectivity index (χ1n) is 15.1. The van der Waals surface area contributed by atoms with Crippen LogP contribution in [0, 0.1) is 11.3 Å². The van der Waals surface area contributed by atoms with Crippen molar-refractivity contribution >= 4 is 5.91 Å². The van der Waals surface area contributed by atoms with Gasteiger partial charge in [-0.15, -0.1) is 0 Å². The number of fused-ring (bicyclic) bond motifs is 1. The van der Waals surface area contributed by atoms with E-state index in [9.17, 15) is 15.0 Å². The number of aliphatic hydroxyl groups is 1. The number of nitrogens with one attached hydrogen (secondary N) is 1. The predicted molar refractivity (Wildman–Crippen MR) is 155 cm³/mol. The molecule has 0 unspecified atom stereocenters. The van der Waals surface area contributed by atoms with E-state index in [1.165, 1.54) is 18.4 Å². The Morgan fingerprint density at radius 2 is 1.78 bits per heavy atom. The molecule has 5 aliphatic carbocycles. The summed E-state index contributed by atoms with van der Waals surface area (Å²) in [6.45, 7) is 2.07. The van der Waals surface area contributed by atoms with Crippen LogP contribution in [0.4, 0.5) is 0 Å². The van der Waals surface area contributed by atoms with Crippen LogP contribution >= 0.6 is 0 Å². The average molecular weight is 547 g/mol. The van der Waals surface area contributed by atoms with Crippen molar-refractivity contribution in [2.24, 2.45) is 11.3 Å². The van der Waals surface area contributed by atoms with Gasteiger partial charge in [-0.2, -0.15) is 0 Å². The summed E-state index contributed by atoms with van der Waals surface area (Å²) < 4.78 is 6.63. The Balaban J connectivity index is 1.10. The summed E-state index contributed by atoms with van der Waals surface area (Å²) in [5.41, 5.74) is 2.98. The molecule has 4 bridgehead atoms. The fourth-order valence-corrected chi connectivity index (χ4v) is 9.33. The number of phenolic OH excluding ortho intramolecular Hbond substituents is 1. The van der Waals surface area contributed by atoms with Crippen LogP contribution < -0.4 is 10.1 Å². The molecule has 3 aromatic carbocycles. The van der Waals surface area contributed by atoms with Crippen molar-refractivity contribution in [2.75, 3.05) is 13.1 Å². The first-order valence-corrected chi connectivity index (χ1v) is 15.1. The number of hydrogen-bond donors (Lipinski definition) is 3. The molecule has 7 aliphatic rings. The van der Waals surface area contributed by atoms with Gasteiger partial charge in [-0.05, 0) is 79.5 Å². The van der Waals surface area contributed by atoms with Crippen LogP contribution in [0.5, 0.6) is 11.5 Å². The zero-order valence-corrected chi connectivity index (χ0v) is 22.9. The number of benzene rings is 3. The number of rotatable bonds is 5. The van der Waals surface area contributed by atoms with Crippen molar-refractivity contribution in [3.05, 3.63) is 95.6 Å². The summed E-state index contributed by atoms with van der Waals surface area (Å²) in [4.78, 5) is 16.4. The highest BCUT2D eigenvalue weighted by molar-refractivity contribution is 5.95. The average Bonchev–Trinajstić information content (AvgIpc) is 3.73. The fraction of sp³-hybridized carbons (Fsp3) is 0.400. The molecule has 6 heteroatoms. The van der Waals surface area contributed by atoms with Gasteiger partial charge in [0.2, 0.25) is 0 Å². The third-order valence-corrected chi connectivity index (χ3v) is 11.3. The summed E-state index contributed by atoms with van der Waals surface area (Å²) in [5, 5.41) is 26.6. The van der Waals surface area contributed by atoms with E-state index < -0.39 is 23.2 Å². The molecule has 2 aliphatic heterocycles. The van der Waals surface area contributed by atoms with Crippen molar-refractivity contribution in [1.29, 1.82) is 0 Å². The summed E-state index contributed by atoms with van der Waals surface area (Å²) in [6.07, 6.45) is 8.65. The van der Waals surface area contributed by atoms with E-state index in [1.807, 2.05) is 48.5 Å². The van der Waals surface area contributed by atoms with Crippen LogP contribution in [-0.4, -0.2) is 57.9 Å². The number of phenols is 1. The minimum atomic E-state index is -1.38. The van der Waals surface area contributed by atoms with E-state index in [4.69, 9.17) is 4.74 Å². The van der Waals surface area contributed by atoms with E-state index in [0.717, 1.165) is 48.5 Å². The molecule has 0 aromatic heterocycles. The van der Waals surface area contributed by atoms with Crippen molar-refractivity contribution < 1.29 is 19.7 Å². The zero-order chi connectivity index (χ0) is 27.6. The molecule has 41 heavy (non-hydrogen) atoms. The van der Waals surface area contributed by atoms with Crippen molar-refractivity contribution in [3.63, 3.8) is 0 Å². The quantitative estimate of drug-likeness (QED) is 0.408. The molecule has 0 radical (unpaired) electrons. The molecule has 3 fully saturated rings. The lowest BCUT2D eigenvalue weighted by atomic mass is 9.38. The van der Waals surface area contributed by atoms with Crippen LogP contribution in [0.3, 0.4) is 0 Å². The molecule has 1 amide bonds. The number of carbonyl (C=O) groups is 1. The number of carbonyl (C=O) groups excluding carboxylic acids is 1. The molecular formula is C35H34N2O4. The molecule has 10 rings (SSSR count). The second-order valence-electron chi connectivity index (χ2n) is 13.3. The maximum atomic E-state index is 13.7. The molecule has 208 valence electrons. The van der Waals surface area contributed by atoms with Crippen LogP contribution in [0.15, 0.2) is 78.9 Å². The van der Waals surface area contributed by atoms with E-state index >= 15 is 0 Å². The van der Waals surface area contributed by atoms with Gasteiger partial charge in [0.25, 0.3) is 5.91 Å². The van der Waals surface area contributed by atoms with E-state index in [0.29, 0.717) is 17.7 Å². The van der Waals surface area contributed by atoms with Gasteiger partial charge in [0.15, 0.2) is 11.5 Å². The Morgan fingerprint density at radius 3 is 2.56 bits per heavy atom. The first kappa shape index (κ1) is 24.0. The monoisotopic (exact) mass is 546 g/mol. The maximum Gasteiger partial charge on any atom is 0.251 e. The van der Waals surface area contributed by atoms with Crippen molar-refractivity contribution in [3.8, 4) is 22.6 Å². The standard InChI is InChI=1S/C35H34N2O4/c38-26-13-12-25-18-28-33-14-15-35(40,32-34(33,29(25)30(26)41-32)16-17-37(28)20-21-6-7-21)27(19-33)36-31(39)24-10-8-23(9-11-24)22-4-2-1-3-5-22/h1-5,8-15,21,27-28,32,38,40H,6-7,16-20H2,(H,36,39)/t27-,28-,32+,33+,34-,35-/m0/s1. The van der Waals surface area contributed by atoms with Crippen LogP contribution in [0.1, 0.15) is 47.2 Å². The minimum absolute atomic E-state index is 0.142. The Labute approximate surface area is 239 Å². The Kier molecular flexibility index (Phi) is 4.70. The third-order valence-electron chi connectivity index (χ3n) is 11.3. The van der Waals surface area contributed by atoms with Crippen LogP contribution in [0.2, 0.25) is 0 Å². The van der Waals surface area contributed by atoms with Gasteiger partial charge in [-0.3, -0.25) is 9.69 Å². The van der Waals surface area contributed by atoms with Crippen molar-refractivity contribution in [1.82, 2.24) is 10.2 Å². The van der Waals surface area contributed by atoms with E-state index in [-0.39, 0.29) is 23.1 Å². The number of aromatic hydroxyl groups is 1. The highest BCUT2D eigenvalue weighted by Gasteiger charge is 2.79. The number of amides is 1. The number of ether oxygens (including phenoxy) is 1. The lowest BCUT2D eigenvalue weighted by molar-refractivity contribution is -0.191. The first-order chi connectivity index (χ1) is 19.9. The van der Waals surface area contributed by atoms with E-state index in [1.54, 1.807) is 6.07 Å². The normalized spacial score (nSPS) is 35.6. The SMILES string of the molecule is O=C(N[C@H]1C[C@@]23C=C[C@@]1(O)[C@@H]1Oc4c(O)ccc5c4[C@@]12CCN(CC1CC1)[C@H]3C5)c1ccc(-c2ccccc2)cc1. The minimum Gasteiger partial charge on any atom is -0.504 e. The van der Waals surface area contributed by atoms with Gasteiger partial charge < -0.3 is 20.3 Å². The molecule has 2 heterocycles. The molecule has 1 saturated heterocycles. The number of piperidine rings is 1. The summed E-state index contributed by atoms with van der Waals surface area (Å²) in [5.74, 6) is 1.26. The molecule has 2 saturated carbocycles. The fourth-order valence-electron chi connectivity index (χ4n) is 9.33. The lowest BCUT2D eigenvalue weighted by Crippen LogP contribution is -2.81. The zero-order valence-electron chi connectivity index (χ0n) is 22.9. The lowest BCUT2D eigenvalue weighted by Gasteiger charge is -2.70. The van der Waals surface area contributed by atoms with Gasteiger partial charge in [0.1, 0.15) is 11.7 Å². The number of likely N-dealkylation sites (tertiary alicyclic amines) is 1. The maximum absolute atomic E-state index is 13.7. The van der Waals surface area contributed by atoms with Gasteiger partial charge >= 0.3 is 0 Å². The highest BCUT2D eigenvalue weighted by atomic mass is 16.5. The Bertz CT molecular complexity index is 1620. The van der Waals surface area contributed by atoms with Gasteiger partial charge in [0.05, 0.1) is 11.5 Å². The predicted octanol–water partition coefficient (Wildman–Crippen LogP) is 4.59. The van der Waals surface area contributed by atoms with Crippen LogP contribution in [-0.2, 0) is 11.8 Å². The summed E-state index contributed by atoms with van der Waals surface area (Å²) in [6, 6.07) is 21.4. The topological polar surface area (TPSA) is 82.0 Å². The number of hydrogen-bond acceptors (Lipinski definition) is 5. The second kappa shape index (κ2) is 8.02. The number of nitrogens with zero attached hydrogens (tertiary/aromatic N) is 1. The van der Waals surface area contributed by atoms with Crippen molar-refractivity contribution in [2.45, 2.75) is 61.3 Å².